The maximum Gasteiger partial charge on any atom is 0.123 e. The van der Waals surface area contributed by atoms with Crippen LogP contribution in [0.4, 0.5) is 0 Å². The lowest BCUT2D eigenvalue weighted by molar-refractivity contribution is 0.242. The van der Waals surface area contributed by atoms with Crippen molar-refractivity contribution in [1.29, 1.82) is 0 Å². The number of para-hydroxylation sites is 1. The van der Waals surface area contributed by atoms with Crippen LogP contribution in [0.5, 0.6) is 11.5 Å². The molecular weight excluding hydrogens is 316 g/mol. The summed E-state index contributed by atoms with van der Waals surface area (Å²) >= 11 is 3.74. The van der Waals surface area contributed by atoms with Gasteiger partial charge in [-0.1, -0.05) is 46.3 Å². The molecule has 3 heteroatoms. The molecule has 0 saturated carbocycles. The predicted molar refractivity (Wildman–Crippen MR) is 86.0 cm³/mol. The molecular formula is C17H19BrO2. The van der Waals surface area contributed by atoms with Crippen molar-refractivity contribution in [2.45, 2.75) is 24.8 Å². The Morgan fingerprint density at radius 2 is 1.60 bits per heavy atom. The minimum Gasteiger partial charge on any atom is -0.496 e. The fraction of sp³-hybridized carbons (Fsp3) is 0.294. The summed E-state index contributed by atoms with van der Waals surface area (Å²) < 4.78 is 11.1. The molecule has 0 aliphatic rings. The van der Waals surface area contributed by atoms with Gasteiger partial charge in [-0.15, -0.1) is 0 Å². The first-order valence-corrected chi connectivity index (χ1v) is 7.57. The largest absolute Gasteiger partial charge is 0.496 e. The summed E-state index contributed by atoms with van der Waals surface area (Å²) in [7, 11) is 1.69. The van der Waals surface area contributed by atoms with Gasteiger partial charge in [-0.05, 0) is 37.6 Å². The molecule has 0 spiro atoms. The third-order valence-corrected chi connectivity index (χ3v) is 3.98. The molecule has 0 bridgehead atoms. The summed E-state index contributed by atoms with van der Waals surface area (Å²) in [4.78, 5) is 0.103. The third kappa shape index (κ3) is 3.54. The van der Waals surface area contributed by atoms with Gasteiger partial charge in [0.15, 0.2) is 0 Å². The van der Waals surface area contributed by atoms with E-state index in [0.717, 1.165) is 17.1 Å². The van der Waals surface area contributed by atoms with Crippen LogP contribution in [0.15, 0.2) is 48.5 Å². The van der Waals surface area contributed by atoms with Crippen LogP contribution in [0.25, 0.3) is 0 Å². The fourth-order valence-corrected chi connectivity index (χ4v) is 2.73. The number of rotatable bonds is 5. The average molecular weight is 335 g/mol. The van der Waals surface area contributed by atoms with Gasteiger partial charge in [0.1, 0.15) is 11.5 Å². The molecule has 0 radical (unpaired) electrons. The highest BCUT2D eigenvalue weighted by molar-refractivity contribution is 9.09. The van der Waals surface area contributed by atoms with Gasteiger partial charge in [-0.25, -0.2) is 0 Å². The fourth-order valence-electron chi connectivity index (χ4n) is 2.04. The standard InChI is InChI=1S/C17H19BrO2/c1-12(2)20-14-10-8-13(9-11-14)17(18)15-6-4-5-7-16(15)19-3/h4-12,17H,1-3H3. The highest BCUT2D eigenvalue weighted by Crippen LogP contribution is 2.36. The summed E-state index contributed by atoms with van der Waals surface area (Å²) in [6.07, 6.45) is 0.190. The van der Waals surface area contributed by atoms with Crippen LogP contribution in [-0.2, 0) is 0 Å². The molecule has 0 aliphatic heterocycles. The van der Waals surface area contributed by atoms with Gasteiger partial charge in [-0.2, -0.15) is 0 Å². The Balaban J connectivity index is 2.22. The molecule has 0 saturated heterocycles. The summed E-state index contributed by atoms with van der Waals surface area (Å²) in [6, 6.07) is 16.2. The highest BCUT2D eigenvalue weighted by atomic mass is 79.9. The number of hydrogen-bond donors (Lipinski definition) is 0. The molecule has 2 rings (SSSR count). The second-order valence-corrected chi connectivity index (χ2v) is 5.76. The van der Waals surface area contributed by atoms with Crippen LogP contribution in [0.2, 0.25) is 0 Å². The van der Waals surface area contributed by atoms with E-state index in [1.807, 2.05) is 44.2 Å². The first kappa shape index (κ1) is 14.9. The molecule has 1 atom stereocenters. The lowest BCUT2D eigenvalue weighted by Gasteiger charge is -2.15. The summed E-state index contributed by atoms with van der Waals surface area (Å²) in [5.74, 6) is 1.78. The van der Waals surface area contributed by atoms with Crippen LogP contribution >= 0.6 is 15.9 Å². The number of hydrogen-bond acceptors (Lipinski definition) is 2. The highest BCUT2D eigenvalue weighted by Gasteiger charge is 2.14. The molecule has 2 nitrogen and oxygen atoms in total. The Hall–Kier alpha value is -1.48. The van der Waals surface area contributed by atoms with Crippen molar-refractivity contribution in [3.05, 3.63) is 59.7 Å². The van der Waals surface area contributed by atoms with Gasteiger partial charge < -0.3 is 9.47 Å². The third-order valence-electron chi connectivity index (χ3n) is 2.96. The zero-order valence-corrected chi connectivity index (χ0v) is 13.6. The van der Waals surface area contributed by atoms with E-state index in [9.17, 15) is 0 Å². The van der Waals surface area contributed by atoms with Crippen LogP contribution in [0.3, 0.4) is 0 Å². The van der Waals surface area contributed by atoms with E-state index in [-0.39, 0.29) is 10.9 Å². The molecule has 0 fully saturated rings. The molecule has 106 valence electrons. The maximum atomic E-state index is 5.66. The van der Waals surface area contributed by atoms with Crippen molar-refractivity contribution in [3.8, 4) is 11.5 Å². The Morgan fingerprint density at radius 3 is 2.20 bits per heavy atom. The van der Waals surface area contributed by atoms with Crippen molar-refractivity contribution >= 4 is 15.9 Å². The Morgan fingerprint density at radius 1 is 0.950 bits per heavy atom. The van der Waals surface area contributed by atoms with Gasteiger partial charge >= 0.3 is 0 Å². The zero-order chi connectivity index (χ0) is 14.5. The first-order valence-electron chi connectivity index (χ1n) is 6.65. The van der Waals surface area contributed by atoms with E-state index in [4.69, 9.17) is 9.47 Å². The van der Waals surface area contributed by atoms with E-state index >= 15 is 0 Å². The second-order valence-electron chi connectivity index (χ2n) is 4.84. The zero-order valence-electron chi connectivity index (χ0n) is 12.0. The molecule has 0 aromatic heterocycles. The molecule has 0 amide bonds. The van der Waals surface area contributed by atoms with Crippen LogP contribution in [0, 0.1) is 0 Å². The van der Waals surface area contributed by atoms with Crippen molar-refractivity contribution in [1.82, 2.24) is 0 Å². The van der Waals surface area contributed by atoms with Crippen molar-refractivity contribution in [2.24, 2.45) is 0 Å². The van der Waals surface area contributed by atoms with Crippen LogP contribution in [-0.4, -0.2) is 13.2 Å². The van der Waals surface area contributed by atoms with Gasteiger partial charge in [0.25, 0.3) is 0 Å². The van der Waals surface area contributed by atoms with E-state index in [1.54, 1.807) is 7.11 Å². The Labute approximate surface area is 128 Å². The Kier molecular flexibility index (Phi) is 5.07. The summed E-state index contributed by atoms with van der Waals surface area (Å²) in [6.45, 7) is 4.05. The summed E-state index contributed by atoms with van der Waals surface area (Å²) in [5.41, 5.74) is 2.29. The van der Waals surface area contributed by atoms with Crippen molar-refractivity contribution in [3.63, 3.8) is 0 Å². The van der Waals surface area contributed by atoms with E-state index in [1.165, 1.54) is 5.56 Å². The monoisotopic (exact) mass is 334 g/mol. The smallest absolute Gasteiger partial charge is 0.123 e. The molecule has 2 aromatic rings. The molecule has 2 aromatic carbocycles. The molecule has 0 aliphatic carbocycles. The normalized spacial score (nSPS) is 12.2. The summed E-state index contributed by atoms with van der Waals surface area (Å²) in [5, 5.41) is 0. The first-order chi connectivity index (χ1) is 9.61. The number of methoxy groups -OCH3 is 1. The average Bonchev–Trinajstić information content (AvgIpc) is 2.46. The van der Waals surface area contributed by atoms with Crippen LogP contribution < -0.4 is 9.47 Å². The number of benzene rings is 2. The maximum absolute atomic E-state index is 5.66. The Bertz CT molecular complexity index is 549. The van der Waals surface area contributed by atoms with E-state index in [2.05, 4.69) is 34.1 Å². The molecule has 20 heavy (non-hydrogen) atoms. The molecule has 0 heterocycles. The lowest BCUT2D eigenvalue weighted by atomic mass is 10.0. The van der Waals surface area contributed by atoms with Crippen molar-refractivity contribution < 1.29 is 9.47 Å². The second kappa shape index (κ2) is 6.80. The van der Waals surface area contributed by atoms with E-state index in [0.29, 0.717) is 0 Å². The molecule has 0 N–H and O–H groups in total. The minimum atomic E-state index is 0.103. The lowest BCUT2D eigenvalue weighted by Crippen LogP contribution is -2.05. The van der Waals surface area contributed by atoms with Gasteiger partial charge in [0.05, 0.1) is 18.0 Å². The molecule has 1 unspecified atom stereocenters. The van der Waals surface area contributed by atoms with Gasteiger partial charge in [0, 0.05) is 5.56 Å². The van der Waals surface area contributed by atoms with E-state index < -0.39 is 0 Å². The van der Waals surface area contributed by atoms with Crippen LogP contribution in [0.1, 0.15) is 29.8 Å². The number of ether oxygens (including phenoxy) is 2. The minimum absolute atomic E-state index is 0.103. The topological polar surface area (TPSA) is 18.5 Å². The number of alkyl halides is 1. The van der Waals surface area contributed by atoms with Crippen molar-refractivity contribution in [2.75, 3.05) is 7.11 Å². The SMILES string of the molecule is COc1ccccc1C(Br)c1ccc(OC(C)C)cc1. The predicted octanol–water partition coefficient (Wildman–Crippen LogP) is 4.97. The quantitative estimate of drug-likeness (QED) is 0.719. The van der Waals surface area contributed by atoms with Gasteiger partial charge in [0.2, 0.25) is 0 Å². The number of halogens is 1. The van der Waals surface area contributed by atoms with Gasteiger partial charge in [-0.3, -0.25) is 0 Å².